The maximum absolute atomic E-state index is 3.76. The first-order chi connectivity index (χ1) is 5.43. The molecule has 0 aliphatic carbocycles. The molecule has 0 radical (unpaired) electrons. The molecule has 0 spiro atoms. The van der Waals surface area contributed by atoms with Crippen molar-refractivity contribution in [2.45, 2.75) is 25.8 Å². The number of rotatable bonds is 5. The van der Waals surface area contributed by atoms with Gasteiger partial charge in [-0.1, -0.05) is 22.4 Å². The van der Waals surface area contributed by atoms with Crippen LogP contribution in [0.4, 0.5) is 0 Å². The summed E-state index contributed by atoms with van der Waals surface area (Å²) >= 11 is 3.38. The van der Waals surface area contributed by atoms with Crippen LogP contribution in [0, 0.1) is 0 Å². The molecular weight excluding hydrogens is 208 g/mol. The van der Waals surface area contributed by atoms with Gasteiger partial charge >= 0.3 is 0 Å². The highest BCUT2D eigenvalue weighted by molar-refractivity contribution is 9.09. The van der Waals surface area contributed by atoms with Crippen molar-refractivity contribution in [1.82, 2.24) is 20.2 Å². The highest BCUT2D eigenvalue weighted by atomic mass is 79.9. The van der Waals surface area contributed by atoms with Crippen LogP contribution >= 0.6 is 15.9 Å². The topological polar surface area (TPSA) is 43.6 Å². The molecule has 0 amide bonds. The highest BCUT2D eigenvalue weighted by Gasteiger charge is 1.91. The minimum Gasteiger partial charge on any atom is -0.233 e. The number of tetrazole rings is 1. The Morgan fingerprint density at radius 3 is 2.82 bits per heavy atom. The molecule has 0 saturated carbocycles. The summed E-state index contributed by atoms with van der Waals surface area (Å²) in [7, 11) is 0. The number of unbranched alkanes of at least 4 members (excludes halogenated alkanes) is 2. The van der Waals surface area contributed by atoms with Crippen LogP contribution in [0.1, 0.15) is 19.3 Å². The van der Waals surface area contributed by atoms with Crippen molar-refractivity contribution in [1.29, 1.82) is 0 Å². The van der Waals surface area contributed by atoms with Crippen molar-refractivity contribution >= 4 is 15.9 Å². The predicted octanol–water partition coefficient (Wildman–Crippen LogP) is 1.24. The summed E-state index contributed by atoms with van der Waals surface area (Å²) in [6.45, 7) is 0.931. The van der Waals surface area contributed by atoms with Gasteiger partial charge in [0.15, 0.2) is 0 Å². The lowest BCUT2D eigenvalue weighted by Crippen LogP contribution is -1.98. The van der Waals surface area contributed by atoms with Crippen LogP contribution in [0.5, 0.6) is 0 Å². The molecule has 11 heavy (non-hydrogen) atoms. The Kier molecular flexibility index (Phi) is 4.11. The second-order valence-electron chi connectivity index (χ2n) is 2.32. The number of halogens is 1. The van der Waals surface area contributed by atoms with Crippen LogP contribution in [0.3, 0.4) is 0 Å². The third-order valence-electron chi connectivity index (χ3n) is 1.41. The van der Waals surface area contributed by atoms with E-state index in [0.717, 1.165) is 18.3 Å². The van der Waals surface area contributed by atoms with Gasteiger partial charge in [0.25, 0.3) is 0 Å². The molecule has 0 aliphatic rings. The van der Waals surface area contributed by atoms with E-state index in [-0.39, 0.29) is 0 Å². The molecular formula is C6H11BrN4. The van der Waals surface area contributed by atoms with Gasteiger partial charge in [-0.25, -0.2) is 4.68 Å². The van der Waals surface area contributed by atoms with E-state index in [0.29, 0.717) is 0 Å². The van der Waals surface area contributed by atoms with Crippen LogP contribution < -0.4 is 0 Å². The summed E-state index contributed by atoms with van der Waals surface area (Å²) in [5.41, 5.74) is 0. The van der Waals surface area contributed by atoms with Crippen molar-refractivity contribution in [2.24, 2.45) is 0 Å². The molecule has 1 aromatic rings. The fourth-order valence-electron chi connectivity index (χ4n) is 0.828. The third kappa shape index (κ3) is 3.46. The lowest BCUT2D eigenvalue weighted by Gasteiger charge is -1.96. The SMILES string of the molecule is BrCCCCCn1cnnn1. The number of nitrogens with zero attached hydrogens (tertiary/aromatic N) is 4. The van der Waals surface area contributed by atoms with Crippen molar-refractivity contribution in [3.8, 4) is 0 Å². The molecule has 0 aliphatic heterocycles. The molecule has 0 aromatic carbocycles. The minimum absolute atomic E-state index is 0.931. The van der Waals surface area contributed by atoms with E-state index < -0.39 is 0 Å². The van der Waals surface area contributed by atoms with E-state index in [2.05, 4.69) is 31.5 Å². The molecule has 62 valence electrons. The van der Waals surface area contributed by atoms with Crippen LogP contribution in [0.15, 0.2) is 6.33 Å². The lowest BCUT2D eigenvalue weighted by molar-refractivity contribution is 0.539. The first-order valence-corrected chi connectivity index (χ1v) is 4.82. The average Bonchev–Trinajstić information content (AvgIpc) is 2.50. The summed E-state index contributed by atoms with van der Waals surface area (Å²) < 4.78 is 1.76. The number of hydrogen-bond acceptors (Lipinski definition) is 3. The Bertz CT molecular complexity index is 175. The van der Waals surface area contributed by atoms with Gasteiger partial charge in [-0.15, -0.1) is 5.10 Å². The Hall–Kier alpha value is -0.450. The van der Waals surface area contributed by atoms with Gasteiger partial charge in [-0.05, 0) is 23.3 Å². The Morgan fingerprint density at radius 2 is 2.18 bits per heavy atom. The summed E-state index contributed by atoms with van der Waals surface area (Å²) in [6, 6.07) is 0. The molecule has 5 heteroatoms. The van der Waals surface area contributed by atoms with Gasteiger partial charge in [0, 0.05) is 11.9 Å². The van der Waals surface area contributed by atoms with Crippen LogP contribution in [-0.4, -0.2) is 25.5 Å². The van der Waals surface area contributed by atoms with E-state index in [9.17, 15) is 0 Å². The number of aryl methyl sites for hydroxylation is 1. The maximum atomic E-state index is 3.76. The first kappa shape index (κ1) is 8.64. The van der Waals surface area contributed by atoms with Crippen molar-refractivity contribution < 1.29 is 0 Å². The fraction of sp³-hybridized carbons (Fsp3) is 0.833. The zero-order chi connectivity index (χ0) is 7.94. The Morgan fingerprint density at radius 1 is 1.27 bits per heavy atom. The third-order valence-corrected chi connectivity index (χ3v) is 1.97. The van der Waals surface area contributed by atoms with Crippen molar-refractivity contribution in [3.05, 3.63) is 6.33 Å². The van der Waals surface area contributed by atoms with E-state index in [1.807, 2.05) is 0 Å². The lowest BCUT2D eigenvalue weighted by atomic mass is 10.2. The maximum Gasteiger partial charge on any atom is 0.138 e. The summed E-state index contributed by atoms with van der Waals surface area (Å²) in [6.07, 6.45) is 5.25. The van der Waals surface area contributed by atoms with Gasteiger partial charge in [0.05, 0.1) is 0 Å². The van der Waals surface area contributed by atoms with Gasteiger partial charge in [-0.2, -0.15) is 0 Å². The van der Waals surface area contributed by atoms with Crippen molar-refractivity contribution in [2.75, 3.05) is 5.33 Å². The standard InChI is InChI=1S/C6H11BrN4/c7-4-2-1-3-5-11-6-8-9-10-11/h6H,1-5H2. The molecule has 1 rings (SSSR count). The average molecular weight is 219 g/mol. The van der Waals surface area contributed by atoms with E-state index >= 15 is 0 Å². The van der Waals surface area contributed by atoms with Crippen LogP contribution in [0.25, 0.3) is 0 Å². The molecule has 1 aromatic heterocycles. The first-order valence-electron chi connectivity index (χ1n) is 3.70. The molecule has 1 heterocycles. The second kappa shape index (κ2) is 5.23. The molecule has 0 N–H and O–H groups in total. The van der Waals surface area contributed by atoms with Gasteiger partial charge in [-0.3, -0.25) is 0 Å². The molecule has 0 saturated heterocycles. The van der Waals surface area contributed by atoms with E-state index in [1.165, 1.54) is 12.8 Å². The van der Waals surface area contributed by atoms with Crippen LogP contribution in [-0.2, 0) is 6.54 Å². The Balaban J connectivity index is 2.04. The fourth-order valence-corrected chi connectivity index (χ4v) is 1.22. The second-order valence-corrected chi connectivity index (χ2v) is 3.12. The summed E-state index contributed by atoms with van der Waals surface area (Å²) in [5, 5.41) is 11.9. The van der Waals surface area contributed by atoms with Gasteiger partial charge < -0.3 is 0 Å². The van der Waals surface area contributed by atoms with Gasteiger partial charge in [0.1, 0.15) is 6.33 Å². The monoisotopic (exact) mass is 218 g/mol. The molecule has 0 unspecified atom stereocenters. The minimum atomic E-state index is 0.931. The number of aromatic nitrogens is 4. The molecule has 4 nitrogen and oxygen atoms in total. The van der Waals surface area contributed by atoms with Crippen LogP contribution in [0.2, 0.25) is 0 Å². The smallest absolute Gasteiger partial charge is 0.138 e. The normalized spacial score (nSPS) is 10.3. The zero-order valence-corrected chi connectivity index (χ0v) is 7.87. The van der Waals surface area contributed by atoms with E-state index in [1.54, 1.807) is 11.0 Å². The zero-order valence-electron chi connectivity index (χ0n) is 6.28. The van der Waals surface area contributed by atoms with Crippen molar-refractivity contribution in [3.63, 3.8) is 0 Å². The molecule has 0 bridgehead atoms. The number of hydrogen-bond donors (Lipinski definition) is 0. The number of alkyl halides is 1. The molecule has 0 atom stereocenters. The molecule has 0 fully saturated rings. The predicted molar refractivity (Wildman–Crippen MR) is 45.5 cm³/mol. The van der Waals surface area contributed by atoms with E-state index in [4.69, 9.17) is 0 Å². The quantitative estimate of drug-likeness (QED) is 0.552. The largest absolute Gasteiger partial charge is 0.233 e. The summed E-state index contributed by atoms with van der Waals surface area (Å²) in [5.74, 6) is 0. The van der Waals surface area contributed by atoms with Gasteiger partial charge in [0.2, 0.25) is 0 Å². The summed E-state index contributed by atoms with van der Waals surface area (Å²) in [4.78, 5) is 0. The highest BCUT2D eigenvalue weighted by Crippen LogP contribution is 1.99. The Labute approximate surface area is 74.1 Å².